The fraction of sp³-hybridized carbons (Fsp3) is 0.700. The molecule has 2 unspecified atom stereocenters. The molecule has 1 aliphatic rings. The van der Waals surface area contributed by atoms with E-state index in [1.54, 1.807) is 6.92 Å². The first-order chi connectivity index (χ1) is 5.72. The van der Waals surface area contributed by atoms with Crippen LogP contribution in [0.2, 0.25) is 0 Å². The molecule has 1 N–H and O–H groups in total. The predicted octanol–water partition coefficient (Wildman–Crippen LogP) is 2.45. The fourth-order valence-corrected chi connectivity index (χ4v) is 1.61. The summed E-state index contributed by atoms with van der Waals surface area (Å²) in [7, 11) is 0. The van der Waals surface area contributed by atoms with Gasteiger partial charge in [-0.25, -0.2) is 0 Å². The molecule has 68 valence electrons. The van der Waals surface area contributed by atoms with Crippen LogP contribution in [0.25, 0.3) is 0 Å². The predicted molar refractivity (Wildman–Crippen MR) is 47.9 cm³/mol. The van der Waals surface area contributed by atoms with Gasteiger partial charge in [-0.15, -0.1) is 0 Å². The number of hydrogen-bond donors (Lipinski definition) is 1. The summed E-state index contributed by atoms with van der Waals surface area (Å²) in [4.78, 5) is 10.7. The van der Waals surface area contributed by atoms with Crippen LogP contribution in [0.1, 0.15) is 32.6 Å². The number of allylic oxidation sites excluding steroid dienone is 2. The Balaban J connectivity index is 2.53. The van der Waals surface area contributed by atoms with Gasteiger partial charge >= 0.3 is 5.97 Å². The highest BCUT2D eigenvalue weighted by Gasteiger charge is 2.21. The summed E-state index contributed by atoms with van der Waals surface area (Å²) in [6.45, 7) is 1.79. The molecule has 0 amide bonds. The van der Waals surface area contributed by atoms with Gasteiger partial charge in [-0.1, -0.05) is 25.5 Å². The van der Waals surface area contributed by atoms with Gasteiger partial charge in [0.15, 0.2) is 0 Å². The molecule has 2 heteroatoms. The number of hydrogen-bond acceptors (Lipinski definition) is 1. The summed E-state index contributed by atoms with van der Waals surface area (Å²) in [6.07, 6.45) is 8.71. The molecule has 0 aliphatic heterocycles. The number of carboxylic acids is 1. The van der Waals surface area contributed by atoms with Crippen molar-refractivity contribution >= 4 is 5.97 Å². The van der Waals surface area contributed by atoms with Gasteiger partial charge in [-0.05, 0) is 25.2 Å². The SMILES string of the molecule is CC(C(=O)O)C1C=CCCCC1. The molecule has 12 heavy (non-hydrogen) atoms. The second-order valence-electron chi connectivity index (χ2n) is 3.50. The van der Waals surface area contributed by atoms with Crippen LogP contribution < -0.4 is 0 Å². The monoisotopic (exact) mass is 168 g/mol. The van der Waals surface area contributed by atoms with E-state index >= 15 is 0 Å². The standard InChI is InChI=1S/C10H16O2/c1-8(10(11)12)9-6-4-2-3-5-7-9/h4,6,8-9H,2-3,5,7H2,1H3,(H,11,12). The van der Waals surface area contributed by atoms with Crippen LogP contribution >= 0.6 is 0 Å². The van der Waals surface area contributed by atoms with Crippen molar-refractivity contribution in [1.29, 1.82) is 0 Å². The van der Waals surface area contributed by atoms with Crippen LogP contribution in [0.15, 0.2) is 12.2 Å². The lowest BCUT2D eigenvalue weighted by atomic mass is 9.90. The summed E-state index contributed by atoms with van der Waals surface area (Å²) in [5.74, 6) is -0.643. The van der Waals surface area contributed by atoms with Gasteiger partial charge in [-0.3, -0.25) is 4.79 Å². The fourth-order valence-electron chi connectivity index (χ4n) is 1.61. The van der Waals surface area contributed by atoms with E-state index in [2.05, 4.69) is 12.2 Å². The quantitative estimate of drug-likeness (QED) is 0.643. The van der Waals surface area contributed by atoms with Crippen molar-refractivity contribution in [2.75, 3.05) is 0 Å². The van der Waals surface area contributed by atoms with Gasteiger partial charge in [0.05, 0.1) is 5.92 Å². The number of carboxylic acid groups (broad SMARTS) is 1. The van der Waals surface area contributed by atoms with Gasteiger partial charge in [0.2, 0.25) is 0 Å². The summed E-state index contributed by atoms with van der Waals surface area (Å²) in [5.41, 5.74) is 0. The van der Waals surface area contributed by atoms with Crippen molar-refractivity contribution in [1.82, 2.24) is 0 Å². The number of aliphatic carboxylic acids is 1. The van der Waals surface area contributed by atoms with Gasteiger partial charge in [0.1, 0.15) is 0 Å². The van der Waals surface area contributed by atoms with Crippen LogP contribution in [0.4, 0.5) is 0 Å². The molecule has 0 spiro atoms. The average Bonchev–Trinajstić information content (AvgIpc) is 2.30. The first-order valence-corrected chi connectivity index (χ1v) is 4.61. The molecule has 0 bridgehead atoms. The van der Waals surface area contributed by atoms with Crippen molar-refractivity contribution in [2.24, 2.45) is 11.8 Å². The molecule has 0 aromatic rings. The molecule has 0 heterocycles. The normalized spacial score (nSPS) is 26.2. The molecule has 0 radical (unpaired) electrons. The molecule has 0 saturated heterocycles. The Hall–Kier alpha value is -0.790. The van der Waals surface area contributed by atoms with Crippen molar-refractivity contribution in [3.63, 3.8) is 0 Å². The molecule has 2 atom stereocenters. The first kappa shape index (κ1) is 9.30. The molecule has 0 aromatic heterocycles. The zero-order chi connectivity index (χ0) is 8.97. The molecule has 0 fully saturated rings. The van der Waals surface area contributed by atoms with Crippen molar-refractivity contribution in [3.8, 4) is 0 Å². The Kier molecular flexibility index (Phi) is 3.32. The Labute approximate surface area is 73.3 Å². The minimum atomic E-state index is -0.674. The minimum absolute atomic E-state index is 0.223. The van der Waals surface area contributed by atoms with E-state index in [4.69, 9.17) is 5.11 Å². The smallest absolute Gasteiger partial charge is 0.306 e. The maximum Gasteiger partial charge on any atom is 0.306 e. The van der Waals surface area contributed by atoms with Crippen LogP contribution in [0.3, 0.4) is 0 Å². The molecule has 2 nitrogen and oxygen atoms in total. The molecular weight excluding hydrogens is 152 g/mol. The average molecular weight is 168 g/mol. The van der Waals surface area contributed by atoms with E-state index in [1.165, 1.54) is 6.42 Å². The van der Waals surface area contributed by atoms with Gasteiger partial charge < -0.3 is 5.11 Å². The van der Waals surface area contributed by atoms with Crippen LogP contribution in [0.5, 0.6) is 0 Å². The molecule has 0 saturated carbocycles. The van der Waals surface area contributed by atoms with Gasteiger partial charge in [0, 0.05) is 0 Å². The van der Waals surface area contributed by atoms with Crippen LogP contribution in [-0.2, 0) is 4.79 Å². The van der Waals surface area contributed by atoms with Crippen LogP contribution in [0, 0.1) is 11.8 Å². The lowest BCUT2D eigenvalue weighted by Crippen LogP contribution is -2.18. The van der Waals surface area contributed by atoms with Gasteiger partial charge in [-0.2, -0.15) is 0 Å². The Morgan fingerprint density at radius 2 is 2.33 bits per heavy atom. The van der Waals surface area contributed by atoms with E-state index < -0.39 is 5.97 Å². The molecule has 1 rings (SSSR count). The lowest BCUT2D eigenvalue weighted by molar-refractivity contribution is -0.142. The highest BCUT2D eigenvalue weighted by molar-refractivity contribution is 5.70. The van der Waals surface area contributed by atoms with E-state index in [0.717, 1.165) is 19.3 Å². The van der Waals surface area contributed by atoms with Gasteiger partial charge in [0.25, 0.3) is 0 Å². The maximum atomic E-state index is 10.7. The first-order valence-electron chi connectivity index (χ1n) is 4.61. The summed E-state index contributed by atoms with van der Waals surface area (Å²) >= 11 is 0. The Morgan fingerprint density at radius 3 is 3.00 bits per heavy atom. The molecule has 0 aromatic carbocycles. The van der Waals surface area contributed by atoms with E-state index in [9.17, 15) is 4.79 Å². The van der Waals surface area contributed by atoms with E-state index in [0.29, 0.717) is 0 Å². The second-order valence-corrected chi connectivity index (χ2v) is 3.50. The van der Waals surface area contributed by atoms with E-state index in [-0.39, 0.29) is 11.8 Å². The summed E-state index contributed by atoms with van der Waals surface area (Å²) in [5, 5.41) is 8.79. The maximum absolute atomic E-state index is 10.7. The zero-order valence-corrected chi connectivity index (χ0v) is 7.49. The Bertz CT molecular complexity index is 184. The third kappa shape index (κ3) is 2.36. The zero-order valence-electron chi connectivity index (χ0n) is 7.49. The minimum Gasteiger partial charge on any atom is -0.481 e. The lowest BCUT2D eigenvalue weighted by Gasteiger charge is -2.14. The highest BCUT2D eigenvalue weighted by Crippen LogP contribution is 2.23. The number of carbonyl (C=O) groups is 1. The topological polar surface area (TPSA) is 37.3 Å². The number of rotatable bonds is 2. The summed E-state index contributed by atoms with van der Waals surface area (Å²) in [6, 6.07) is 0. The van der Waals surface area contributed by atoms with Crippen LogP contribution in [-0.4, -0.2) is 11.1 Å². The van der Waals surface area contributed by atoms with Crippen molar-refractivity contribution in [3.05, 3.63) is 12.2 Å². The van der Waals surface area contributed by atoms with Crippen molar-refractivity contribution < 1.29 is 9.90 Å². The largest absolute Gasteiger partial charge is 0.481 e. The van der Waals surface area contributed by atoms with Crippen molar-refractivity contribution in [2.45, 2.75) is 32.6 Å². The third-order valence-corrected chi connectivity index (χ3v) is 2.57. The Morgan fingerprint density at radius 1 is 1.58 bits per heavy atom. The highest BCUT2D eigenvalue weighted by atomic mass is 16.4. The van der Waals surface area contributed by atoms with E-state index in [1.807, 2.05) is 0 Å². The second kappa shape index (κ2) is 4.29. The third-order valence-electron chi connectivity index (χ3n) is 2.57. The summed E-state index contributed by atoms with van der Waals surface area (Å²) < 4.78 is 0. The molecular formula is C10H16O2. The molecule has 1 aliphatic carbocycles.